The summed E-state index contributed by atoms with van der Waals surface area (Å²) < 4.78 is 0. The number of hydrogen-bond donors (Lipinski definition) is 1. The monoisotopic (exact) mass is 204 g/mol. The Morgan fingerprint density at radius 3 is 2.53 bits per heavy atom. The van der Waals surface area contributed by atoms with Crippen LogP contribution in [0.2, 0.25) is 0 Å². The van der Waals surface area contributed by atoms with Crippen molar-refractivity contribution < 1.29 is 0 Å². The van der Waals surface area contributed by atoms with Crippen molar-refractivity contribution >= 4 is 6.08 Å². The van der Waals surface area contributed by atoms with Gasteiger partial charge in [-0.25, -0.2) is 5.01 Å². The van der Waals surface area contributed by atoms with Gasteiger partial charge in [0.05, 0.1) is 0 Å². The van der Waals surface area contributed by atoms with E-state index in [1.54, 1.807) is 0 Å². The second-order valence-electron chi connectivity index (χ2n) is 3.93. The number of hydrazine groups is 1. The maximum Gasteiger partial charge on any atom is 0.0184 e. The zero-order valence-electron chi connectivity index (χ0n) is 9.56. The van der Waals surface area contributed by atoms with Crippen molar-refractivity contribution in [3.8, 4) is 0 Å². The summed E-state index contributed by atoms with van der Waals surface area (Å²) >= 11 is 0. The van der Waals surface area contributed by atoms with Crippen molar-refractivity contribution in [1.82, 2.24) is 5.01 Å². The summed E-state index contributed by atoms with van der Waals surface area (Å²) in [7, 11) is 0. The van der Waals surface area contributed by atoms with Crippen LogP contribution in [0.25, 0.3) is 6.08 Å². The molecule has 0 unspecified atom stereocenters. The second kappa shape index (κ2) is 6.38. The van der Waals surface area contributed by atoms with Crippen LogP contribution in [-0.4, -0.2) is 17.6 Å². The Balaban J connectivity index is 2.29. The van der Waals surface area contributed by atoms with Gasteiger partial charge in [0.1, 0.15) is 0 Å². The highest BCUT2D eigenvalue weighted by molar-refractivity contribution is 5.48. The summed E-state index contributed by atoms with van der Waals surface area (Å²) in [4.78, 5) is 0. The molecule has 0 fully saturated rings. The lowest BCUT2D eigenvalue weighted by Crippen LogP contribution is -2.37. The van der Waals surface area contributed by atoms with E-state index >= 15 is 0 Å². The van der Waals surface area contributed by atoms with Crippen LogP contribution >= 0.6 is 0 Å². The first kappa shape index (κ1) is 12.0. The largest absolute Gasteiger partial charge is 0.269 e. The van der Waals surface area contributed by atoms with Gasteiger partial charge in [-0.2, -0.15) is 0 Å². The molecule has 0 saturated carbocycles. The first-order chi connectivity index (χ1) is 7.20. The summed E-state index contributed by atoms with van der Waals surface area (Å²) in [6.07, 6.45) is 5.29. The molecule has 15 heavy (non-hydrogen) atoms. The van der Waals surface area contributed by atoms with Gasteiger partial charge >= 0.3 is 0 Å². The maximum absolute atomic E-state index is 5.80. The van der Waals surface area contributed by atoms with Crippen molar-refractivity contribution in [2.45, 2.75) is 26.3 Å². The van der Waals surface area contributed by atoms with E-state index in [4.69, 9.17) is 5.84 Å². The SMILES string of the molecule is CC(C)N(N)CCC=Cc1ccccc1. The fourth-order valence-corrected chi connectivity index (χ4v) is 1.27. The van der Waals surface area contributed by atoms with Crippen molar-refractivity contribution in [3.63, 3.8) is 0 Å². The standard InChI is InChI=1S/C13H20N2/c1-12(2)15(14)11-7-6-10-13-8-4-3-5-9-13/h3-6,8-10,12H,7,11,14H2,1-2H3. The van der Waals surface area contributed by atoms with Gasteiger partial charge in [0.15, 0.2) is 0 Å². The third-order valence-corrected chi connectivity index (χ3v) is 2.33. The van der Waals surface area contributed by atoms with Crippen LogP contribution in [0.3, 0.4) is 0 Å². The first-order valence-electron chi connectivity index (χ1n) is 5.43. The van der Waals surface area contributed by atoms with E-state index in [0.29, 0.717) is 6.04 Å². The number of nitrogens with two attached hydrogens (primary N) is 1. The zero-order chi connectivity index (χ0) is 11.1. The van der Waals surface area contributed by atoms with E-state index in [9.17, 15) is 0 Å². The lowest BCUT2D eigenvalue weighted by molar-refractivity contribution is 0.232. The molecule has 1 aromatic carbocycles. The fraction of sp³-hybridized carbons (Fsp3) is 0.385. The van der Waals surface area contributed by atoms with Gasteiger partial charge in [-0.05, 0) is 25.8 Å². The molecule has 0 radical (unpaired) electrons. The lowest BCUT2D eigenvalue weighted by Gasteiger charge is -2.19. The molecule has 82 valence electrons. The van der Waals surface area contributed by atoms with Gasteiger partial charge in [-0.15, -0.1) is 0 Å². The first-order valence-corrected chi connectivity index (χ1v) is 5.43. The summed E-state index contributed by atoms with van der Waals surface area (Å²) in [5.74, 6) is 5.80. The number of rotatable bonds is 5. The quantitative estimate of drug-likeness (QED) is 0.590. The highest BCUT2D eigenvalue weighted by atomic mass is 15.4. The topological polar surface area (TPSA) is 29.3 Å². The molecule has 0 aliphatic heterocycles. The third-order valence-electron chi connectivity index (χ3n) is 2.33. The van der Waals surface area contributed by atoms with Crippen molar-refractivity contribution in [2.24, 2.45) is 5.84 Å². The Labute approximate surface area is 92.4 Å². The molecule has 2 N–H and O–H groups in total. The molecule has 0 aliphatic carbocycles. The van der Waals surface area contributed by atoms with Crippen molar-refractivity contribution in [1.29, 1.82) is 0 Å². The molecule has 0 bridgehead atoms. The average molecular weight is 204 g/mol. The molecular weight excluding hydrogens is 184 g/mol. The molecule has 0 amide bonds. The fourth-order valence-electron chi connectivity index (χ4n) is 1.27. The van der Waals surface area contributed by atoms with Gasteiger partial charge in [0.25, 0.3) is 0 Å². The van der Waals surface area contributed by atoms with Gasteiger partial charge in [-0.3, -0.25) is 5.84 Å². The van der Waals surface area contributed by atoms with Gasteiger partial charge in [-0.1, -0.05) is 42.5 Å². The minimum absolute atomic E-state index is 0.412. The Bertz CT molecular complexity index is 291. The lowest BCUT2D eigenvalue weighted by atomic mass is 10.2. The van der Waals surface area contributed by atoms with Crippen molar-refractivity contribution in [2.75, 3.05) is 6.54 Å². The van der Waals surface area contributed by atoms with Crippen LogP contribution in [0.4, 0.5) is 0 Å². The molecule has 2 heteroatoms. The number of hydrogen-bond acceptors (Lipinski definition) is 2. The summed E-state index contributed by atoms with van der Waals surface area (Å²) in [5, 5.41) is 1.86. The van der Waals surface area contributed by atoms with Crippen LogP contribution in [-0.2, 0) is 0 Å². The van der Waals surface area contributed by atoms with E-state index in [1.165, 1.54) is 5.56 Å². The van der Waals surface area contributed by atoms with Crippen LogP contribution in [0, 0.1) is 0 Å². The molecule has 0 atom stereocenters. The molecule has 1 rings (SSSR count). The average Bonchev–Trinajstić information content (AvgIpc) is 2.25. The maximum atomic E-state index is 5.80. The summed E-state index contributed by atoms with van der Waals surface area (Å²) in [6.45, 7) is 5.10. The van der Waals surface area contributed by atoms with Gasteiger partial charge < -0.3 is 0 Å². The molecule has 0 spiro atoms. The zero-order valence-corrected chi connectivity index (χ0v) is 9.56. The molecule has 0 aliphatic rings. The van der Waals surface area contributed by atoms with Gasteiger partial charge in [0, 0.05) is 12.6 Å². The highest BCUT2D eigenvalue weighted by Crippen LogP contribution is 2.02. The minimum Gasteiger partial charge on any atom is -0.269 e. The van der Waals surface area contributed by atoms with Crippen LogP contribution in [0.5, 0.6) is 0 Å². The predicted octanol–water partition coefficient (Wildman–Crippen LogP) is 2.67. The van der Waals surface area contributed by atoms with E-state index in [0.717, 1.165) is 13.0 Å². The Hall–Kier alpha value is -1.12. The van der Waals surface area contributed by atoms with E-state index < -0.39 is 0 Å². The highest BCUT2D eigenvalue weighted by Gasteiger charge is 2.00. The molecule has 0 aromatic heterocycles. The molecule has 0 saturated heterocycles. The molecule has 1 aromatic rings. The van der Waals surface area contributed by atoms with Gasteiger partial charge in [0.2, 0.25) is 0 Å². The normalized spacial score (nSPS) is 11.8. The van der Waals surface area contributed by atoms with E-state index in [-0.39, 0.29) is 0 Å². The van der Waals surface area contributed by atoms with E-state index in [1.807, 2.05) is 23.2 Å². The van der Waals surface area contributed by atoms with Crippen LogP contribution in [0.1, 0.15) is 25.8 Å². The smallest absolute Gasteiger partial charge is 0.0184 e. The molecule has 0 heterocycles. The molecular formula is C13H20N2. The Morgan fingerprint density at radius 2 is 1.93 bits per heavy atom. The van der Waals surface area contributed by atoms with E-state index in [2.05, 4.69) is 38.1 Å². The van der Waals surface area contributed by atoms with Crippen LogP contribution < -0.4 is 5.84 Å². The van der Waals surface area contributed by atoms with Crippen LogP contribution in [0.15, 0.2) is 36.4 Å². The summed E-state index contributed by atoms with van der Waals surface area (Å²) in [6, 6.07) is 10.7. The third kappa shape index (κ3) is 4.77. The Kier molecular flexibility index (Phi) is 5.08. The Morgan fingerprint density at radius 1 is 1.27 bits per heavy atom. The van der Waals surface area contributed by atoms with Crippen molar-refractivity contribution in [3.05, 3.63) is 42.0 Å². The number of benzene rings is 1. The second-order valence-corrected chi connectivity index (χ2v) is 3.93. The summed E-state index contributed by atoms with van der Waals surface area (Å²) in [5.41, 5.74) is 1.24. The predicted molar refractivity (Wildman–Crippen MR) is 66.1 cm³/mol. The minimum atomic E-state index is 0.412. The molecule has 2 nitrogen and oxygen atoms in total. The number of nitrogens with zero attached hydrogens (tertiary/aromatic N) is 1.